The van der Waals surface area contributed by atoms with E-state index in [9.17, 15) is 26.7 Å². The highest BCUT2D eigenvalue weighted by Crippen LogP contribution is 2.32. The molecule has 0 unspecified atom stereocenters. The number of likely N-dealkylation sites (tertiary alicyclic amines) is 1. The highest BCUT2D eigenvalue weighted by atomic mass is 19.2. The number of carbonyl (C=O) groups excluding carboxylic acids is 1. The topological polar surface area (TPSA) is 93.7 Å². The molecule has 1 aliphatic heterocycles. The number of hydrogen-bond acceptors (Lipinski definition) is 6. The van der Waals surface area contributed by atoms with Gasteiger partial charge in [0.05, 0.1) is 17.0 Å². The Morgan fingerprint density at radius 2 is 1.81 bits per heavy atom. The molecule has 0 bridgehead atoms. The summed E-state index contributed by atoms with van der Waals surface area (Å²) in [5.74, 6) is -8.63. The van der Waals surface area contributed by atoms with E-state index < -0.39 is 40.6 Å². The van der Waals surface area contributed by atoms with Crippen molar-refractivity contribution in [1.29, 1.82) is 0 Å². The van der Waals surface area contributed by atoms with Crippen molar-refractivity contribution in [2.24, 2.45) is 10.9 Å². The van der Waals surface area contributed by atoms with E-state index in [2.05, 4.69) is 28.1 Å². The number of allylic oxidation sites excluding steroid dienone is 1. The third kappa shape index (κ3) is 7.36. The molecule has 2 N–H and O–H groups in total. The molecule has 1 saturated heterocycles. The summed E-state index contributed by atoms with van der Waals surface area (Å²) >= 11 is 0. The molecule has 2 aromatic carbocycles. The van der Waals surface area contributed by atoms with Crippen molar-refractivity contribution >= 4 is 17.4 Å². The van der Waals surface area contributed by atoms with Crippen LogP contribution in [0.25, 0.3) is 0 Å². The number of aliphatic imine (C=N–C) groups is 1. The van der Waals surface area contributed by atoms with Crippen LogP contribution in [0.5, 0.6) is 11.5 Å². The Hall–Kier alpha value is -4.61. The molecule has 0 aliphatic carbocycles. The van der Waals surface area contributed by atoms with Crippen LogP contribution >= 0.6 is 0 Å². The molecular formula is C30H30F5N5O2. The van der Waals surface area contributed by atoms with Crippen LogP contribution in [0.2, 0.25) is 0 Å². The molecule has 12 heteroatoms. The number of benzene rings is 2. The maximum absolute atomic E-state index is 14.7. The van der Waals surface area contributed by atoms with Crippen LogP contribution in [-0.4, -0.2) is 46.6 Å². The number of ether oxygens (including phenoxy) is 1. The minimum absolute atomic E-state index is 0.0178. The summed E-state index contributed by atoms with van der Waals surface area (Å²) in [6, 6.07) is 3.20. The van der Waals surface area contributed by atoms with Gasteiger partial charge in [-0.3, -0.25) is 9.79 Å². The number of aryl methyl sites for hydroxylation is 1. The van der Waals surface area contributed by atoms with E-state index in [-0.39, 0.29) is 29.1 Å². The fourth-order valence-corrected chi connectivity index (χ4v) is 4.48. The van der Waals surface area contributed by atoms with E-state index in [0.29, 0.717) is 17.2 Å². The standard InChI is InChI=1S/C19H13F5N4O.C11H17NO/c1-8-14(19(25)28-7-27-8)17(26-2)10-4-3-9(5-11(10)20)29-18-15(23)12(21)6-13(22)16(18)24;1-3-6-10-7-5-8-12(9-10)11(13)4-2/h3-7H,1-2H3,(H2,25,27,28);3-4,10H,1-2,5-9H2/t;10-/m.1/s1. The second-order valence-electron chi connectivity index (χ2n) is 9.35. The number of hydrogen-bond donors (Lipinski definition) is 1. The smallest absolute Gasteiger partial charge is 0.245 e. The Kier molecular flexibility index (Phi) is 10.9. The normalized spacial score (nSPS) is 15.0. The van der Waals surface area contributed by atoms with Crippen molar-refractivity contribution in [3.8, 4) is 11.5 Å². The van der Waals surface area contributed by atoms with Gasteiger partial charge in [-0.05, 0) is 50.3 Å². The van der Waals surface area contributed by atoms with Gasteiger partial charge < -0.3 is 15.4 Å². The third-order valence-electron chi connectivity index (χ3n) is 6.52. The lowest BCUT2D eigenvalue weighted by Crippen LogP contribution is -2.38. The average Bonchev–Trinajstić information content (AvgIpc) is 2.97. The van der Waals surface area contributed by atoms with E-state index in [0.717, 1.165) is 38.1 Å². The van der Waals surface area contributed by atoms with Crippen molar-refractivity contribution in [3.63, 3.8) is 0 Å². The molecular weight excluding hydrogens is 557 g/mol. The van der Waals surface area contributed by atoms with Crippen LogP contribution in [0.1, 0.15) is 36.1 Å². The van der Waals surface area contributed by atoms with E-state index in [1.807, 2.05) is 11.0 Å². The molecule has 1 aliphatic rings. The van der Waals surface area contributed by atoms with E-state index in [1.54, 1.807) is 6.92 Å². The van der Waals surface area contributed by atoms with Gasteiger partial charge in [-0.15, -0.1) is 6.58 Å². The lowest BCUT2D eigenvalue weighted by molar-refractivity contribution is -0.127. The summed E-state index contributed by atoms with van der Waals surface area (Å²) < 4.78 is 73.7. The summed E-state index contributed by atoms with van der Waals surface area (Å²) in [7, 11) is 1.41. The summed E-state index contributed by atoms with van der Waals surface area (Å²) in [5, 5.41) is 0. The summed E-state index contributed by atoms with van der Waals surface area (Å²) in [5.41, 5.74) is 6.73. The van der Waals surface area contributed by atoms with Gasteiger partial charge in [0.15, 0.2) is 11.6 Å². The molecule has 1 amide bonds. The maximum Gasteiger partial charge on any atom is 0.245 e. The zero-order valence-electron chi connectivity index (χ0n) is 23.1. The van der Waals surface area contributed by atoms with E-state index in [1.165, 1.54) is 31.9 Å². The largest absolute Gasteiger partial charge is 0.451 e. The average molecular weight is 588 g/mol. The third-order valence-corrected chi connectivity index (χ3v) is 6.52. The molecule has 2 heterocycles. The second kappa shape index (κ2) is 14.3. The number of rotatable bonds is 7. The van der Waals surface area contributed by atoms with Gasteiger partial charge in [-0.25, -0.2) is 23.1 Å². The Bertz CT molecular complexity index is 1470. The van der Waals surface area contributed by atoms with Crippen molar-refractivity contribution < 1.29 is 31.5 Å². The highest BCUT2D eigenvalue weighted by Gasteiger charge is 2.23. The number of piperidine rings is 1. The van der Waals surface area contributed by atoms with Crippen LogP contribution in [0, 0.1) is 41.9 Å². The number of nitrogens with zero attached hydrogens (tertiary/aromatic N) is 4. The lowest BCUT2D eigenvalue weighted by Gasteiger charge is -2.31. The fourth-order valence-electron chi connectivity index (χ4n) is 4.48. The van der Waals surface area contributed by atoms with Crippen LogP contribution in [0.15, 0.2) is 60.9 Å². The molecule has 1 fully saturated rings. The fraction of sp³-hybridized carbons (Fsp3) is 0.267. The van der Waals surface area contributed by atoms with Crippen LogP contribution in [0.3, 0.4) is 0 Å². The SMILES string of the molecule is C=CC[C@@H]1CCCN(C(=O)C=C)C1.CN=C(c1ccc(Oc2c(F)c(F)cc(F)c2F)cc1F)c1c(C)ncnc1N. The monoisotopic (exact) mass is 587 g/mol. The van der Waals surface area contributed by atoms with E-state index in [4.69, 9.17) is 10.5 Å². The highest BCUT2D eigenvalue weighted by molar-refractivity contribution is 6.16. The number of nitrogens with two attached hydrogens (primary N) is 1. The zero-order chi connectivity index (χ0) is 31.0. The van der Waals surface area contributed by atoms with E-state index >= 15 is 0 Å². The van der Waals surface area contributed by atoms with Crippen LogP contribution in [0.4, 0.5) is 27.8 Å². The maximum atomic E-state index is 14.7. The summed E-state index contributed by atoms with van der Waals surface area (Å²) in [6.45, 7) is 10.6. The Balaban J connectivity index is 0.000000312. The predicted molar refractivity (Wildman–Crippen MR) is 150 cm³/mol. The van der Waals surface area contributed by atoms with Gasteiger partial charge in [0.1, 0.15) is 23.7 Å². The molecule has 1 aromatic heterocycles. The van der Waals surface area contributed by atoms with Crippen molar-refractivity contribution in [3.05, 3.63) is 102 Å². The van der Waals surface area contributed by atoms with Gasteiger partial charge in [-0.2, -0.15) is 8.78 Å². The minimum Gasteiger partial charge on any atom is -0.451 e. The molecule has 222 valence electrons. The number of aromatic nitrogens is 2. The van der Waals surface area contributed by atoms with Crippen LogP contribution in [-0.2, 0) is 4.79 Å². The Morgan fingerprint density at radius 3 is 2.38 bits per heavy atom. The number of nitrogen functional groups attached to an aromatic ring is 1. The molecule has 1 atom stereocenters. The van der Waals surface area contributed by atoms with Crippen LogP contribution < -0.4 is 10.5 Å². The van der Waals surface area contributed by atoms with Gasteiger partial charge in [-0.1, -0.05) is 12.7 Å². The van der Waals surface area contributed by atoms with Gasteiger partial charge in [0, 0.05) is 37.8 Å². The molecule has 3 aromatic rings. The number of carbonyl (C=O) groups is 1. The van der Waals surface area contributed by atoms with Gasteiger partial charge in [0.25, 0.3) is 0 Å². The van der Waals surface area contributed by atoms with Crippen molar-refractivity contribution in [1.82, 2.24) is 14.9 Å². The Labute approximate surface area is 240 Å². The summed E-state index contributed by atoms with van der Waals surface area (Å²) in [6.07, 6.45) is 7.92. The number of amides is 1. The first-order valence-corrected chi connectivity index (χ1v) is 12.9. The van der Waals surface area contributed by atoms with Gasteiger partial charge >= 0.3 is 0 Å². The number of anilines is 1. The Morgan fingerprint density at radius 1 is 1.12 bits per heavy atom. The molecule has 7 nitrogen and oxygen atoms in total. The molecule has 0 saturated carbocycles. The lowest BCUT2D eigenvalue weighted by atomic mass is 9.95. The molecule has 4 rings (SSSR count). The predicted octanol–water partition coefficient (Wildman–Crippen LogP) is 6.31. The van der Waals surface area contributed by atoms with Crippen molar-refractivity contribution in [2.45, 2.75) is 26.2 Å². The second-order valence-corrected chi connectivity index (χ2v) is 9.35. The van der Waals surface area contributed by atoms with Crippen molar-refractivity contribution in [2.75, 3.05) is 25.9 Å². The molecule has 0 radical (unpaired) electrons. The quantitative estimate of drug-likeness (QED) is 0.115. The first kappa shape index (κ1) is 31.9. The molecule has 42 heavy (non-hydrogen) atoms. The summed E-state index contributed by atoms with van der Waals surface area (Å²) in [4.78, 5) is 25.1. The van der Waals surface area contributed by atoms with Gasteiger partial charge in [0.2, 0.25) is 23.3 Å². The molecule has 0 spiro atoms. The zero-order valence-corrected chi connectivity index (χ0v) is 23.1. The first-order valence-electron chi connectivity index (χ1n) is 12.9. The first-order chi connectivity index (χ1) is 20.0. The minimum atomic E-state index is -1.74. The number of halogens is 5.